The Balaban J connectivity index is 1.93. The average Bonchev–Trinajstić information content (AvgIpc) is 2.37. The second kappa shape index (κ2) is 6.21. The third kappa shape index (κ3) is 3.47. The van der Waals surface area contributed by atoms with Crippen molar-refractivity contribution in [1.82, 2.24) is 5.32 Å². The summed E-state index contributed by atoms with van der Waals surface area (Å²) in [7, 11) is 0. The molecule has 0 unspecified atom stereocenters. The van der Waals surface area contributed by atoms with Crippen molar-refractivity contribution in [3.05, 3.63) is 34.9 Å². The molecule has 0 aromatic heterocycles. The predicted molar refractivity (Wildman–Crippen MR) is 71.7 cm³/mol. The fraction of sp³-hybridized carbons (Fsp3) is 0.500. The number of halogens is 1. The lowest BCUT2D eigenvalue weighted by Crippen LogP contribution is -2.41. The van der Waals surface area contributed by atoms with Crippen LogP contribution in [-0.4, -0.2) is 17.1 Å². The molecule has 0 spiro atoms. The van der Waals surface area contributed by atoms with Crippen molar-refractivity contribution in [3.8, 4) is 0 Å². The molecule has 0 aliphatic heterocycles. The zero-order valence-electron chi connectivity index (χ0n) is 10.2. The van der Waals surface area contributed by atoms with Crippen LogP contribution >= 0.6 is 11.6 Å². The molecule has 0 saturated heterocycles. The highest BCUT2D eigenvalue weighted by Crippen LogP contribution is 2.25. The molecule has 1 aromatic rings. The first kappa shape index (κ1) is 13.4. The molecule has 98 valence electrons. The maximum atomic E-state index is 11.2. The number of benzene rings is 1. The highest BCUT2D eigenvalue weighted by Gasteiger charge is 2.30. The molecule has 4 heteroatoms. The van der Waals surface area contributed by atoms with Crippen molar-refractivity contribution in [2.24, 2.45) is 5.92 Å². The molecule has 0 heterocycles. The molecule has 1 aliphatic rings. The van der Waals surface area contributed by atoms with Crippen molar-refractivity contribution >= 4 is 17.6 Å². The first-order valence-electron chi connectivity index (χ1n) is 6.37. The van der Waals surface area contributed by atoms with E-state index in [1.54, 1.807) is 0 Å². The summed E-state index contributed by atoms with van der Waals surface area (Å²) < 4.78 is 0. The molecular weight excluding hydrogens is 250 g/mol. The van der Waals surface area contributed by atoms with Crippen LogP contribution < -0.4 is 5.32 Å². The molecule has 0 amide bonds. The minimum absolute atomic E-state index is 0.0789. The molecule has 0 radical (unpaired) electrons. The quantitative estimate of drug-likeness (QED) is 0.881. The average molecular weight is 268 g/mol. The molecular formula is C14H18ClNO2. The Morgan fingerprint density at radius 2 is 2.17 bits per heavy atom. The highest BCUT2D eigenvalue weighted by molar-refractivity contribution is 6.30. The number of carbonyl (C=O) groups is 1. The molecule has 1 aromatic carbocycles. The highest BCUT2D eigenvalue weighted by atomic mass is 35.5. The molecule has 18 heavy (non-hydrogen) atoms. The number of rotatable bonds is 4. The largest absolute Gasteiger partial charge is 0.481 e. The summed E-state index contributed by atoms with van der Waals surface area (Å²) in [6, 6.07) is 7.74. The predicted octanol–water partition coefficient (Wildman–Crippen LogP) is 3.07. The van der Waals surface area contributed by atoms with E-state index < -0.39 is 5.97 Å². The first-order valence-corrected chi connectivity index (χ1v) is 6.75. The smallest absolute Gasteiger partial charge is 0.308 e. The number of hydrogen-bond acceptors (Lipinski definition) is 2. The lowest BCUT2D eigenvalue weighted by atomic mass is 9.84. The Morgan fingerprint density at radius 3 is 2.89 bits per heavy atom. The van der Waals surface area contributed by atoms with Gasteiger partial charge in [-0.05, 0) is 30.5 Å². The summed E-state index contributed by atoms with van der Waals surface area (Å²) in [5, 5.41) is 13.3. The van der Waals surface area contributed by atoms with Crippen LogP contribution in [0, 0.1) is 5.92 Å². The molecule has 3 nitrogen and oxygen atoms in total. The van der Waals surface area contributed by atoms with E-state index in [2.05, 4.69) is 5.32 Å². The van der Waals surface area contributed by atoms with E-state index in [4.69, 9.17) is 11.6 Å². The molecule has 1 aliphatic carbocycles. The topological polar surface area (TPSA) is 49.3 Å². The second-order valence-electron chi connectivity index (χ2n) is 4.85. The van der Waals surface area contributed by atoms with Gasteiger partial charge >= 0.3 is 5.97 Å². The van der Waals surface area contributed by atoms with Gasteiger partial charge in [0.15, 0.2) is 0 Å². The van der Waals surface area contributed by atoms with Crippen LogP contribution in [0.1, 0.15) is 31.2 Å². The summed E-state index contributed by atoms with van der Waals surface area (Å²) in [5.74, 6) is -0.934. The molecule has 2 N–H and O–H groups in total. The summed E-state index contributed by atoms with van der Waals surface area (Å²) in [5.41, 5.74) is 1.09. The number of carboxylic acid groups (broad SMARTS) is 1. The molecule has 2 rings (SSSR count). The first-order chi connectivity index (χ1) is 8.66. The van der Waals surface area contributed by atoms with Crippen molar-refractivity contribution in [2.75, 3.05) is 0 Å². The van der Waals surface area contributed by atoms with Gasteiger partial charge < -0.3 is 10.4 Å². The Morgan fingerprint density at radius 1 is 1.39 bits per heavy atom. The second-order valence-corrected chi connectivity index (χ2v) is 5.28. The van der Waals surface area contributed by atoms with Crippen LogP contribution in [0.5, 0.6) is 0 Å². The lowest BCUT2D eigenvalue weighted by molar-refractivity contribution is -0.143. The SMILES string of the molecule is O=C(O)[C@H]1CCCC[C@@H]1NCc1cccc(Cl)c1. The van der Waals surface area contributed by atoms with Crippen LogP contribution in [0.25, 0.3) is 0 Å². The number of nitrogens with one attached hydrogen (secondary N) is 1. The molecule has 0 bridgehead atoms. The minimum Gasteiger partial charge on any atom is -0.481 e. The van der Waals surface area contributed by atoms with Gasteiger partial charge in [-0.2, -0.15) is 0 Å². The van der Waals surface area contributed by atoms with Gasteiger partial charge in [-0.1, -0.05) is 36.6 Å². The third-order valence-corrected chi connectivity index (χ3v) is 3.78. The van der Waals surface area contributed by atoms with Crippen LogP contribution in [0.15, 0.2) is 24.3 Å². The molecule has 1 fully saturated rings. The minimum atomic E-state index is -0.682. The summed E-state index contributed by atoms with van der Waals surface area (Å²) in [6.45, 7) is 0.676. The Kier molecular flexibility index (Phi) is 4.61. The van der Waals surface area contributed by atoms with E-state index >= 15 is 0 Å². The van der Waals surface area contributed by atoms with Crippen LogP contribution in [0.3, 0.4) is 0 Å². The number of aliphatic carboxylic acids is 1. The van der Waals surface area contributed by atoms with E-state index in [-0.39, 0.29) is 12.0 Å². The van der Waals surface area contributed by atoms with Crippen molar-refractivity contribution in [2.45, 2.75) is 38.3 Å². The summed E-state index contributed by atoms with van der Waals surface area (Å²) in [4.78, 5) is 11.2. The molecule has 1 saturated carbocycles. The van der Waals surface area contributed by atoms with Gasteiger partial charge in [0.25, 0.3) is 0 Å². The summed E-state index contributed by atoms with van der Waals surface area (Å²) >= 11 is 5.92. The van der Waals surface area contributed by atoms with Gasteiger partial charge in [-0.15, -0.1) is 0 Å². The Hall–Kier alpha value is -1.06. The van der Waals surface area contributed by atoms with E-state index in [9.17, 15) is 9.90 Å². The van der Waals surface area contributed by atoms with Gasteiger partial charge in [0.05, 0.1) is 5.92 Å². The lowest BCUT2D eigenvalue weighted by Gasteiger charge is -2.29. The van der Waals surface area contributed by atoms with Crippen molar-refractivity contribution in [1.29, 1.82) is 0 Å². The third-order valence-electron chi connectivity index (χ3n) is 3.54. The van der Waals surface area contributed by atoms with E-state index in [0.717, 1.165) is 31.2 Å². The monoisotopic (exact) mass is 267 g/mol. The van der Waals surface area contributed by atoms with Gasteiger partial charge in [-0.3, -0.25) is 4.79 Å². The zero-order chi connectivity index (χ0) is 13.0. The van der Waals surface area contributed by atoms with Crippen molar-refractivity contribution in [3.63, 3.8) is 0 Å². The number of hydrogen-bond donors (Lipinski definition) is 2. The standard InChI is InChI=1S/C14H18ClNO2/c15-11-5-3-4-10(8-11)9-16-13-7-2-1-6-12(13)14(17)18/h3-5,8,12-13,16H,1-2,6-7,9H2,(H,17,18)/t12-,13-/m0/s1. The Bertz CT molecular complexity index is 422. The van der Waals surface area contributed by atoms with E-state index in [0.29, 0.717) is 11.6 Å². The maximum absolute atomic E-state index is 11.2. The van der Waals surface area contributed by atoms with Gasteiger partial charge in [0, 0.05) is 17.6 Å². The number of carboxylic acids is 1. The zero-order valence-corrected chi connectivity index (χ0v) is 11.0. The summed E-state index contributed by atoms with van der Waals surface area (Å²) in [6.07, 6.45) is 3.85. The van der Waals surface area contributed by atoms with Crippen LogP contribution in [0.4, 0.5) is 0 Å². The fourth-order valence-corrected chi connectivity index (χ4v) is 2.78. The van der Waals surface area contributed by atoms with Gasteiger partial charge in [-0.25, -0.2) is 0 Å². The van der Waals surface area contributed by atoms with Crippen LogP contribution in [-0.2, 0) is 11.3 Å². The van der Waals surface area contributed by atoms with E-state index in [1.807, 2.05) is 24.3 Å². The molecule has 2 atom stereocenters. The fourth-order valence-electron chi connectivity index (χ4n) is 2.57. The maximum Gasteiger partial charge on any atom is 0.308 e. The van der Waals surface area contributed by atoms with Gasteiger partial charge in [0.2, 0.25) is 0 Å². The van der Waals surface area contributed by atoms with E-state index in [1.165, 1.54) is 0 Å². The van der Waals surface area contributed by atoms with Crippen molar-refractivity contribution < 1.29 is 9.90 Å². The Labute approximate surface area is 112 Å². The van der Waals surface area contributed by atoms with Gasteiger partial charge in [0.1, 0.15) is 0 Å². The normalized spacial score (nSPS) is 23.8. The van der Waals surface area contributed by atoms with Crippen LogP contribution in [0.2, 0.25) is 5.02 Å².